The van der Waals surface area contributed by atoms with Crippen LogP contribution >= 0.6 is 15.9 Å². The number of anilines is 1. The van der Waals surface area contributed by atoms with Crippen molar-refractivity contribution in [2.24, 2.45) is 5.73 Å². The van der Waals surface area contributed by atoms with Gasteiger partial charge >= 0.3 is 5.69 Å². The van der Waals surface area contributed by atoms with Crippen LogP contribution in [0.15, 0.2) is 21.4 Å². The molecule has 0 aliphatic carbocycles. The zero-order valence-electron chi connectivity index (χ0n) is 8.64. The quantitative estimate of drug-likeness (QED) is 0.640. The minimum atomic E-state index is -0.194. The maximum atomic E-state index is 11.1. The van der Waals surface area contributed by atoms with Crippen LogP contribution in [0.5, 0.6) is 0 Å². The van der Waals surface area contributed by atoms with Gasteiger partial charge in [-0.25, -0.2) is 4.79 Å². The fraction of sp³-hybridized carbons (Fsp3) is 0.300. The van der Waals surface area contributed by atoms with Gasteiger partial charge in [0.05, 0.1) is 16.7 Å². The molecular weight excluding hydrogens is 272 g/mol. The second-order valence-electron chi connectivity index (χ2n) is 3.53. The average Bonchev–Trinajstić information content (AvgIpc) is 2.58. The molecule has 1 aromatic heterocycles. The van der Waals surface area contributed by atoms with Crippen molar-refractivity contribution in [2.75, 3.05) is 18.4 Å². The molecule has 16 heavy (non-hydrogen) atoms. The summed E-state index contributed by atoms with van der Waals surface area (Å²) in [7, 11) is 0. The molecule has 0 fully saturated rings. The molecule has 5 nitrogen and oxygen atoms in total. The third kappa shape index (κ3) is 2.28. The summed E-state index contributed by atoms with van der Waals surface area (Å²) in [6, 6.07) is 3.77. The number of nitrogens with one attached hydrogen (secondary N) is 3. The lowest BCUT2D eigenvalue weighted by Gasteiger charge is -2.07. The van der Waals surface area contributed by atoms with Crippen LogP contribution in [0.3, 0.4) is 0 Å². The van der Waals surface area contributed by atoms with Crippen LogP contribution in [0.2, 0.25) is 0 Å². The Kier molecular flexibility index (Phi) is 3.31. The maximum absolute atomic E-state index is 11.1. The predicted molar refractivity (Wildman–Crippen MR) is 68.8 cm³/mol. The molecule has 86 valence electrons. The molecular formula is C10H13BrN4O. The van der Waals surface area contributed by atoms with Crippen LogP contribution in [0, 0.1) is 0 Å². The molecule has 2 aromatic rings. The highest BCUT2D eigenvalue weighted by molar-refractivity contribution is 9.10. The standard InChI is InChI=1S/C10H13BrN4O/c11-6-4-8-9(15-10(16)14-8)5-7(6)13-3-1-2-12/h4-5,13H,1-3,12H2,(H2,14,15,16). The number of fused-ring (bicyclic) bond motifs is 1. The summed E-state index contributed by atoms with van der Waals surface area (Å²) in [6.07, 6.45) is 0.911. The highest BCUT2D eigenvalue weighted by Crippen LogP contribution is 2.26. The first kappa shape index (κ1) is 11.2. The predicted octanol–water partition coefficient (Wildman–Crippen LogP) is 1.38. The first-order chi connectivity index (χ1) is 7.70. The number of aromatic amines is 2. The number of aromatic nitrogens is 2. The molecule has 0 aliphatic heterocycles. The fourth-order valence-corrected chi connectivity index (χ4v) is 2.00. The third-order valence-corrected chi connectivity index (χ3v) is 2.96. The molecule has 0 aliphatic rings. The monoisotopic (exact) mass is 284 g/mol. The van der Waals surface area contributed by atoms with Gasteiger partial charge in [-0.3, -0.25) is 0 Å². The number of hydrogen-bond donors (Lipinski definition) is 4. The Hall–Kier alpha value is -1.27. The van der Waals surface area contributed by atoms with Crippen molar-refractivity contribution in [3.63, 3.8) is 0 Å². The van der Waals surface area contributed by atoms with Crippen LogP contribution in [0.4, 0.5) is 5.69 Å². The van der Waals surface area contributed by atoms with Gasteiger partial charge in [-0.2, -0.15) is 0 Å². The number of rotatable bonds is 4. The molecule has 0 spiro atoms. The normalized spacial score (nSPS) is 10.9. The van der Waals surface area contributed by atoms with Crippen LogP contribution in [0.25, 0.3) is 11.0 Å². The van der Waals surface area contributed by atoms with Crippen molar-refractivity contribution in [3.05, 3.63) is 27.1 Å². The van der Waals surface area contributed by atoms with Crippen LogP contribution < -0.4 is 16.7 Å². The molecule has 0 saturated carbocycles. The van der Waals surface area contributed by atoms with Gasteiger partial charge in [-0.05, 0) is 41.0 Å². The number of imidazole rings is 1. The van der Waals surface area contributed by atoms with Crippen molar-refractivity contribution >= 4 is 32.7 Å². The van der Waals surface area contributed by atoms with E-state index < -0.39 is 0 Å². The highest BCUT2D eigenvalue weighted by atomic mass is 79.9. The molecule has 0 atom stereocenters. The van der Waals surface area contributed by atoms with Gasteiger partial charge in [0.25, 0.3) is 0 Å². The number of halogens is 1. The minimum absolute atomic E-state index is 0.194. The topological polar surface area (TPSA) is 86.7 Å². The number of benzene rings is 1. The molecule has 2 rings (SSSR count). The van der Waals surface area contributed by atoms with Gasteiger partial charge in [0.2, 0.25) is 0 Å². The Morgan fingerprint density at radius 2 is 2.00 bits per heavy atom. The summed E-state index contributed by atoms with van der Waals surface area (Å²) in [4.78, 5) is 16.5. The number of hydrogen-bond acceptors (Lipinski definition) is 3. The molecule has 6 heteroatoms. The summed E-state index contributed by atoms with van der Waals surface area (Å²) in [5, 5.41) is 3.25. The first-order valence-electron chi connectivity index (χ1n) is 5.06. The summed E-state index contributed by atoms with van der Waals surface area (Å²) < 4.78 is 0.923. The van der Waals surface area contributed by atoms with Gasteiger partial charge in [-0.1, -0.05) is 0 Å². The smallest absolute Gasteiger partial charge is 0.323 e. The van der Waals surface area contributed by atoms with E-state index in [1.54, 1.807) is 0 Å². The van der Waals surface area contributed by atoms with E-state index in [1.807, 2.05) is 12.1 Å². The van der Waals surface area contributed by atoms with E-state index in [0.717, 1.165) is 34.2 Å². The second-order valence-corrected chi connectivity index (χ2v) is 4.38. The van der Waals surface area contributed by atoms with Crippen molar-refractivity contribution < 1.29 is 0 Å². The Morgan fingerprint density at radius 3 is 2.69 bits per heavy atom. The van der Waals surface area contributed by atoms with E-state index in [2.05, 4.69) is 31.2 Å². The van der Waals surface area contributed by atoms with Crippen molar-refractivity contribution in [1.29, 1.82) is 0 Å². The molecule has 0 saturated heterocycles. The van der Waals surface area contributed by atoms with Gasteiger partial charge in [0, 0.05) is 11.0 Å². The van der Waals surface area contributed by atoms with E-state index in [0.29, 0.717) is 6.54 Å². The van der Waals surface area contributed by atoms with E-state index >= 15 is 0 Å². The lowest BCUT2D eigenvalue weighted by molar-refractivity contribution is 0.874. The average molecular weight is 285 g/mol. The SMILES string of the molecule is NCCCNc1cc2[nH]c(=O)[nH]c2cc1Br. The lowest BCUT2D eigenvalue weighted by Crippen LogP contribution is -2.08. The zero-order chi connectivity index (χ0) is 11.5. The van der Waals surface area contributed by atoms with E-state index in [9.17, 15) is 4.79 Å². The summed E-state index contributed by atoms with van der Waals surface area (Å²) >= 11 is 3.45. The van der Waals surface area contributed by atoms with Gasteiger partial charge in [-0.15, -0.1) is 0 Å². The van der Waals surface area contributed by atoms with E-state index in [1.165, 1.54) is 0 Å². The summed E-state index contributed by atoms with van der Waals surface area (Å²) in [6.45, 7) is 1.48. The Morgan fingerprint density at radius 1 is 1.31 bits per heavy atom. The number of H-pyrrole nitrogens is 2. The molecule has 0 bridgehead atoms. The minimum Gasteiger partial charge on any atom is -0.384 e. The summed E-state index contributed by atoms with van der Waals surface area (Å²) in [5.74, 6) is 0. The van der Waals surface area contributed by atoms with Crippen molar-refractivity contribution in [3.8, 4) is 0 Å². The molecule has 0 unspecified atom stereocenters. The van der Waals surface area contributed by atoms with Gasteiger partial charge in [0.1, 0.15) is 0 Å². The molecule has 0 amide bonds. The van der Waals surface area contributed by atoms with E-state index in [-0.39, 0.29) is 5.69 Å². The number of nitrogens with two attached hydrogens (primary N) is 1. The molecule has 1 aromatic carbocycles. The van der Waals surface area contributed by atoms with E-state index in [4.69, 9.17) is 5.73 Å². The van der Waals surface area contributed by atoms with Gasteiger partial charge in [0.15, 0.2) is 0 Å². The molecule has 5 N–H and O–H groups in total. The maximum Gasteiger partial charge on any atom is 0.323 e. The molecule has 1 heterocycles. The lowest BCUT2D eigenvalue weighted by atomic mass is 10.2. The molecule has 0 radical (unpaired) electrons. The largest absolute Gasteiger partial charge is 0.384 e. The fourth-order valence-electron chi connectivity index (χ4n) is 1.52. The van der Waals surface area contributed by atoms with Crippen LogP contribution in [-0.2, 0) is 0 Å². The van der Waals surface area contributed by atoms with Crippen LogP contribution in [0.1, 0.15) is 6.42 Å². The Balaban J connectivity index is 2.30. The summed E-state index contributed by atoms with van der Waals surface area (Å²) in [5.41, 5.74) is 7.77. The second kappa shape index (κ2) is 4.71. The Labute approximate surface area is 101 Å². The Bertz CT molecular complexity index is 545. The van der Waals surface area contributed by atoms with Crippen molar-refractivity contribution in [2.45, 2.75) is 6.42 Å². The first-order valence-corrected chi connectivity index (χ1v) is 5.85. The van der Waals surface area contributed by atoms with Crippen LogP contribution in [-0.4, -0.2) is 23.1 Å². The zero-order valence-corrected chi connectivity index (χ0v) is 10.2. The highest BCUT2D eigenvalue weighted by Gasteiger charge is 2.04. The van der Waals surface area contributed by atoms with Gasteiger partial charge < -0.3 is 21.0 Å². The van der Waals surface area contributed by atoms with Crippen molar-refractivity contribution in [1.82, 2.24) is 9.97 Å². The third-order valence-electron chi connectivity index (χ3n) is 2.30.